The zero-order valence-electron chi connectivity index (χ0n) is 16.2. The number of Topliss-reactive ketones (excluding diaryl/α,β-unsaturated/α-hetero) is 2. The molecule has 0 saturated heterocycles. The van der Waals surface area contributed by atoms with E-state index in [0.717, 1.165) is 18.4 Å². The molecule has 27 heavy (non-hydrogen) atoms. The molecule has 5 nitrogen and oxygen atoms in total. The maximum absolute atomic E-state index is 12.8. The van der Waals surface area contributed by atoms with Gasteiger partial charge in [0.15, 0.2) is 5.78 Å². The number of aliphatic carboxylic acids is 1. The summed E-state index contributed by atoms with van der Waals surface area (Å²) >= 11 is 0. The Hall–Kier alpha value is -2.30. The van der Waals surface area contributed by atoms with Crippen molar-refractivity contribution in [3.05, 3.63) is 35.9 Å². The summed E-state index contributed by atoms with van der Waals surface area (Å²) in [5.74, 6) is -1.89. The van der Waals surface area contributed by atoms with Crippen LogP contribution < -0.4 is 5.11 Å². The molecular formula is C22H28NO4-. The normalized spacial score (nSPS) is 20.6. The lowest BCUT2D eigenvalue weighted by molar-refractivity contribution is -0.305. The molecule has 1 aliphatic rings. The van der Waals surface area contributed by atoms with E-state index in [1.807, 2.05) is 44.2 Å². The van der Waals surface area contributed by atoms with Gasteiger partial charge in [-0.1, -0.05) is 50.6 Å². The Balaban J connectivity index is 2.04. The van der Waals surface area contributed by atoms with Crippen molar-refractivity contribution in [2.45, 2.75) is 58.8 Å². The van der Waals surface area contributed by atoms with Crippen molar-refractivity contribution in [3.63, 3.8) is 0 Å². The third kappa shape index (κ3) is 6.74. The molecule has 0 spiro atoms. The second-order valence-electron chi connectivity index (χ2n) is 8.10. The number of ketones is 2. The fraction of sp³-hybridized carbons (Fsp3) is 0.545. The molecule has 5 heteroatoms. The molecule has 0 heterocycles. The summed E-state index contributed by atoms with van der Waals surface area (Å²) in [6, 6.07) is 9.45. The number of carbonyl (C=O) groups is 3. The molecule has 0 N–H and O–H groups in total. The molecule has 0 aromatic heterocycles. The third-order valence-electron chi connectivity index (χ3n) is 4.86. The minimum Gasteiger partial charge on any atom is -0.550 e. The maximum atomic E-state index is 12.8. The Kier molecular flexibility index (Phi) is 7.45. The zero-order chi connectivity index (χ0) is 19.9. The first-order valence-corrected chi connectivity index (χ1v) is 9.61. The van der Waals surface area contributed by atoms with Gasteiger partial charge in [-0.25, -0.2) is 0 Å². The van der Waals surface area contributed by atoms with Crippen molar-refractivity contribution in [2.75, 3.05) is 6.54 Å². The molecule has 0 amide bonds. The lowest BCUT2D eigenvalue weighted by Crippen LogP contribution is -2.42. The number of hydrogen-bond acceptors (Lipinski definition) is 5. The van der Waals surface area contributed by atoms with Crippen LogP contribution in [-0.2, 0) is 20.8 Å². The molecule has 0 aliphatic heterocycles. The SMILES string of the molecule is CC1(C)CC(=O)C(C(=O)Cc2ccccc2)C(=NCCCCCC(=O)[O-])C1. The molecule has 1 atom stereocenters. The number of carboxylic acids is 1. The van der Waals surface area contributed by atoms with Gasteiger partial charge in [0.1, 0.15) is 11.7 Å². The number of benzene rings is 1. The number of hydrogen-bond donors (Lipinski definition) is 0. The van der Waals surface area contributed by atoms with Gasteiger partial charge in [0, 0.05) is 31.1 Å². The van der Waals surface area contributed by atoms with Crippen LogP contribution in [0.1, 0.15) is 57.9 Å². The van der Waals surface area contributed by atoms with Crippen LogP contribution in [0.25, 0.3) is 0 Å². The minimum absolute atomic E-state index is 0.0390. The van der Waals surface area contributed by atoms with Crippen LogP contribution in [0.15, 0.2) is 35.3 Å². The molecule has 1 aliphatic carbocycles. The van der Waals surface area contributed by atoms with Gasteiger partial charge in [-0.2, -0.15) is 0 Å². The summed E-state index contributed by atoms with van der Waals surface area (Å²) in [5.41, 5.74) is 1.41. The number of aliphatic imine (C=N–C) groups is 1. The summed E-state index contributed by atoms with van der Waals surface area (Å²) in [7, 11) is 0. The number of carboxylic acid groups (broad SMARTS) is 1. The van der Waals surface area contributed by atoms with Crippen LogP contribution in [0.2, 0.25) is 0 Å². The molecule has 0 radical (unpaired) electrons. The smallest absolute Gasteiger partial charge is 0.153 e. The van der Waals surface area contributed by atoms with Crippen LogP contribution >= 0.6 is 0 Å². The monoisotopic (exact) mass is 370 g/mol. The summed E-state index contributed by atoms with van der Waals surface area (Å²) in [6.07, 6.45) is 3.37. The maximum Gasteiger partial charge on any atom is 0.153 e. The Morgan fingerprint density at radius 1 is 1.11 bits per heavy atom. The Morgan fingerprint density at radius 3 is 2.48 bits per heavy atom. The average Bonchev–Trinajstić information content (AvgIpc) is 2.57. The second-order valence-corrected chi connectivity index (χ2v) is 8.10. The van der Waals surface area contributed by atoms with Gasteiger partial charge in [-0.15, -0.1) is 0 Å². The van der Waals surface area contributed by atoms with E-state index in [1.165, 1.54) is 0 Å². The molecule has 1 unspecified atom stereocenters. The quantitative estimate of drug-likeness (QED) is 0.494. The van der Waals surface area contributed by atoms with Crippen molar-refractivity contribution < 1.29 is 19.5 Å². The lowest BCUT2D eigenvalue weighted by atomic mass is 9.69. The van der Waals surface area contributed by atoms with E-state index in [4.69, 9.17) is 0 Å². The van der Waals surface area contributed by atoms with Crippen LogP contribution in [-0.4, -0.2) is 29.8 Å². The van der Waals surface area contributed by atoms with E-state index in [1.54, 1.807) is 0 Å². The van der Waals surface area contributed by atoms with E-state index in [2.05, 4.69) is 4.99 Å². The number of unbranched alkanes of at least 4 members (excludes halogenated alkanes) is 2. The predicted molar refractivity (Wildman–Crippen MR) is 102 cm³/mol. The predicted octanol–water partition coefficient (Wildman–Crippen LogP) is 2.55. The van der Waals surface area contributed by atoms with Crippen molar-refractivity contribution in [1.82, 2.24) is 0 Å². The van der Waals surface area contributed by atoms with Gasteiger partial charge >= 0.3 is 0 Å². The van der Waals surface area contributed by atoms with Crippen molar-refractivity contribution in [2.24, 2.45) is 16.3 Å². The van der Waals surface area contributed by atoms with Crippen molar-refractivity contribution in [3.8, 4) is 0 Å². The lowest BCUT2D eigenvalue weighted by Gasteiger charge is -2.34. The van der Waals surface area contributed by atoms with Crippen LogP contribution in [0, 0.1) is 11.3 Å². The van der Waals surface area contributed by atoms with E-state index in [-0.39, 0.29) is 29.8 Å². The highest BCUT2D eigenvalue weighted by molar-refractivity contribution is 6.22. The standard InChI is InChI=1S/C22H29NO4/c1-22(2)14-17(23-12-8-4-7-11-20(26)27)21(19(25)15-22)18(24)13-16-9-5-3-6-10-16/h3,5-6,9-10,21H,4,7-8,11-15H2,1-2H3,(H,26,27)/p-1. The largest absolute Gasteiger partial charge is 0.550 e. The van der Waals surface area contributed by atoms with Crippen LogP contribution in [0.5, 0.6) is 0 Å². The summed E-state index contributed by atoms with van der Waals surface area (Å²) in [5, 5.41) is 10.4. The highest BCUT2D eigenvalue weighted by Crippen LogP contribution is 2.35. The fourth-order valence-corrected chi connectivity index (χ4v) is 3.61. The van der Waals surface area contributed by atoms with Crippen molar-refractivity contribution in [1.29, 1.82) is 0 Å². The highest BCUT2D eigenvalue weighted by Gasteiger charge is 2.41. The van der Waals surface area contributed by atoms with Crippen molar-refractivity contribution >= 4 is 23.2 Å². The van der Waals surface area contributed by atoms with E-state index < -0.39 is 11.9 Å². The molecule has 1 aromatic rings. The van der Waals surface area contributed by atoms with E-state index in [0.29, 0.717) is 31.5 Å². The van der Waals surface area contributed by atoms with E-state index >= 15 is 0 Å². The summed E-state index contributed by atoms with van der Waals surface area (Å²) in [6.45, 7) is 4.57. The number of nitrogens with zero attached hydrogens (tertiary/aromatic N) is 1. The van der Waals surface area contributed by atoms with Gasteiger partial charge in [0.25, 0.3) is 0 Å². The van der Waals surface area contributed by atoms with Gasteiger partial charge in [0.2, 0.25) is 0 Å². The first-order valence-electron chi connectivity index (χ1n) is 9.61. The minimum atomic E-state index is -1.03. The molecule has 1 fully saturated rings. The van der Waals surface area contributed by atoms with Gasteiger partial charge in [0.05, 0.1) is 0 Å². The molecule has 0 bridgehead atoms. The zero-order valence-corrected chi connectivity index (χ0v) is 16.2. The Bertz CT molecular complexity index is 706. The molecule has 2 rings (SSSR count). The average molecular weight is 370 g/mol. The van der Waals surface area contributed by atoms with Gasteiger partial charge < -0.3 is 9.90 Å². The third-order valence-corrected chi connectivity index (χ3v) is 4.86. The summed E-state index contributed by atoms with van der Waals surface area (Å²) in [4.78, 5) is 40.6. The number of carbonyl (C=O) groups excluding carboxylic acids is 3. The number of rotatable bonds is 9. The highest BCUT2D eigenvalue weighted by atomic mass is 16.4. The molecule has 1 aromatic carbocycles. The Morgan fingerprint density at radius 2 is 1.81 bits per heavy atom. The van der Waals surface area contributed by atoms with E-state index in [9.17, 15) is 19.5 Å². The Labute approximate surface area is 160 Å². The fourth-order valence-electron chi connectivity index (χ4n) is 3.61. The first-order chi connectivity index (χ1) is 12.8. The first kappa shape index (κ1) is 21.0. The molecule has 1 saturated carbocycles. The topological polar surface area (TPSA) is 86.6 Å². The molecule has 146 valence electrons. The van der Waals surface area contributed by atoms with Crippen LogP contribution in [0.3, 0.4) is 0 Å². The van der Waals surface area contributed by atoms with Gasteiger partial charge in [-0.3, -0.25) is 14.6 Å². The summed E-state index contributed by atoms with van der Waals surface area (Å²) < 4.78 is 0. The van der Waals surface area contributed by atoms with Gasteiger partial charge in [-0.05, 0) is 36.7 Å². The second kappa shape index (κ2) is 9.58. The van der Waals surface area contributed by atoms with Crippen LogP contribution in [0.4, 0.5) is 0 Å². The molecular weight excluding hydrogens is 342 g/mol.